The highest BCUT2D eigenvalue weighted by molar-refractivity contribution is 5.94. The quantitative estimate of drug-likeness (QED) is 0.881. The van der Waals surface area contributed by atoms with Gasteiger partial charge in [-0.25, -0.2) is 0 Å². The van der Waals surface area contributed by atoms with Crippen molar-refractivity contribution in [1.29, 1.82) is 0 Å². The standard InChI is InChI=1S/C21H28N2O4/c1-15(24)23(14-20(25)26)19-7-4-11-22(12-10-19)21(27)18-9-8-16-5-2-3-6-17(16)13-18/h8-9,13,19H,2-7,10-12,14H2,1H3,(H,25,26). The Balaban J connectivity index is 1.67. The van der Waals surface area contributed by atoms with Crippen LogP contribution in [0.25, 0.3) is 0 Å². The number of carboxylic acid groups (broad SMARTS) is 1. The van der Waals surface area contributed by atoms with Gasteiger partial charge >= 0.3 is 5.97 Å². The van der Waals surface area contributed by atoms with Crippen LogP contribution < -0.4 is 0 Å². The first-order valence-electron chi connectivity index (χ1n) is 9.86. The molecule has 1 N–H and O–H groups in total. The van der Waals surface area contributed by atoms with Crippen molar-refractivity contribution in [2.45, 2.75) is 57.9 Å². The summed E-state index contributed by atoms with van der Waals surface area (Å²) >= 11 is 0. The van der Waals surface area contributed by atoms with E-state index in [2.05, 4.69) is 6.07 Å². The van der Waals surface area contributed by atoms with Crippen LogP contribution in [0.3, 0.4) is 0 Å². The van der Waals surface area contributed by atoms with Crippen molar-refractivity contribution in [2.24, 2.45) is 0 Å². The third-order valence-corrected chi connectivity index (χ3v) is 5.73. The maximum atomic E-state index is 13.0. The van der Waals surface area contributed by atoms with Crippen LogP contribution in [-0.2, 0) is 22.4 Å². The lowest BCUT2D eigenvalue weighted by Gasteiger charge is -2.29. The van der Waals surface area contributed by atoms with Gasteiger partial charge in [0.05, 0.1) is 0 Å². The SMILES string of the molecule is CC(=O)N(CC(=O)O)C1CCCN(C(=O)c2ccc3c(c2)CCCC3)CC1. The van der Waals surface area contributed by atoms with Gasteiger partial charge in [0.15, 0.2) is 0 Å². The van der Waals surface area contributed by atoms with Crippen molar-refractivity contribution >= 4 is 17.8 Å². The van der Waals surface area contributed by atoms with Gasteiger partial charge in [-0.3, -0.25) is 14.4 Å². The van der Waals surface area contributed by atoms with Gasteiger partial charge in [-0.2, -0.15) is 0 Å². The molecule has 0 aromatic heterocycles. The fourth-order valence-electron chi connectivity index (χ4n) is 4.29. The van der Waals surface area contributed by atoms with E-state index >= 15 is 0 Å². The zero-order valence-electron chi connectivity index (χ0n) is 15.9. The Kier molecular flexibility index (Phi) is 6.14. The number of hydrogen-bond acceptors (Lipinski definition) is 3. The number of likely N-dealkylation sites (tertiary alicyclic amines) is 1. The van der Waals surface area contributed by atoms with Crippen LogP contribution in [0.4, 0.5) is 0 Å². The molecule has 1 aromatic carbocycles. The minimum Gasteiger partial charge on any atom is -0.480 e. The summed E-state index contributed by atoms with van der Waals surface area (Å²) in [7, 11) is 0. The first-order chi connectivity index (χ1) is 13.0. The van der Waals surface area contributed by atoms with Crippen LogP contribution >= 0.6 is 0 Å². The molecule has 1 saturated heterocycles. The average molecular weight is 372 g/mol. The molecule has 1 atom stereocenters. The largest absolute Gasteiger partial charge is 0.480 e. The topological polar surface area (TPSA) is 77.9 Å². The number of carboxylic acids is 1. The summed E-state index contributed by atoms with van der Waals surface area (Å²) < 4.78 is 0. The smallest absolute Gasteiger partial charge is 0.323 e. The Morgan fingerprint density at radius 3 is 2.52 bits per heavy atom. The number of carbonyl (C=O) groups excluding carboxylic acids is 2. The summed E-state index contributed by atoms with van der Waals surface area (Å²) in [5.74, 6) is -1.19. The first kappa shape index (κ1) is 19.4. The molecule has 1 heterocycles. The van der Waals surface area contributed by atoms with E-state index in [1.807, 2.05) is 17.0 Å². The summed E-state index contributed by atoms with van der Waals surface area (Å²) in [5, 5.41) is 9.06. The molecule has 1 aliphatic heterocycles. The van der Waals surface area contributed by atoms with E-state index in [4.69, 9.17) is 5.11 Å². The number of benzene rings is 1. The van der Waals surface area contributed by atoms with E-state index in [0.717, 1.165) is 31.2 Å². The second-order valence-electron chi connectivity index (χ2n) is 7.61. The summed E-state index contributed by atoms with van der Waals surface area (Å²) in [6.07, 6.45) is 6.65. The lowest BCUT2D eigenvalue weighted by Crippen LogP contribution is -2.43. The minimum atomic E-state index is -1.00. The summed E-state index contributed by atoms with van der Waals surface area (Å²) in [5.41, 5.74) is 3.39. The molecule has 3 rings (SSSR count). The molecule has 0 bridgehead atoms. The molecule has 146 valence electrons. The number of amides is 2. The van der Waals surface area contributed by atoms with E-state index < -0.39 is 5.97 Å². The Hall–Kier alpha value is -2.37. The maximum Gasteiger partial charge on any atom is 0.323 e. The number of nitrogens with zero attached hydrogens (tertiary/aromatic N) is 2. The minimum absolute atomic E-state index is 0.0385. The molecule has 27 heavy (non-hydrogen) atoms. The molecule has 6 nitrogen and oxygen atoms in total. The fraction of sp³-hybridized carbons (Fsp3) is 0.571. The highest BCUT2D eigenvalue weighted by Gasteiger charge is 2.28. The van der Waals surface area contributed by atoms with E-state index in [0.29, 0.717) is 19.5 Å². The highest BCUT2D eigenvalue weighted by Crippen LogP contribution is 2.24. The van der Waals surface area contributed by atoms with Crippen molar-refractivity contribution in [3.05, 3.63) is 34.9 Å². The Bertz CT molecular complexity index is 731. The van der Waals surface area contributed by atoms with Crippen LogP contribution in [0.2, 0.25) is 0 Å². The Morgan fingerprint density at radius 1 is 1.07 bits per heavy atom. The number of hydrogen-bond donors (Lipinski definition) is 1. The van der Waals surface area contributed by atoms with E-state index in [1.165, 1.54) is 35.8 Å². The molecule has 2 aliphatic rings. The van der Waals surface area contributed by atoms with Gasteiger partial charge in [0, 0.05) is 31.6 Å². The first-order valence-corrected chi connectivity index (χ1v) is 9.86. The normalized spacial score (nSPS) is 19.7. The van der Waals surface area contributed by atoms with Gasteiger partial charge in [-0.15, -0.1) is 0 Å². The lowest BCUT2D eigenvalue weighted by atomic mass is 9.90. The number of rotatable bonds is 4. The molecule has 0 radical (unpaired) electrons. The number of aryl methyl sites for hydroxylation is 2. The fourth-order valence-corrected chi connectivity index (χ4v) is 4.29. The number of aliphatic carboxylic acids is 1. The van der Waals surface area contributed by atoms with E-state index in [1.54, 1.807) is 0 Å². The number of carbonyl (C=O) groups is 3. The Labute approximate surface area is 160 Å². The molecule has 2 amide bonds. The highest BCUT2D eigenvalue weighted by atomic mass is 16.4. The molecule has 1 aliphatic carbocycles. The number of fused-ring (bicyclic) bond motifs is 1. The molecular weight excluding hydrogens is 344 g/mol. The summed E-state index contributed by atoms with van der Waals surface area (Å²) in [6, 6.07) is 5.94. The van der Waals surface area contributed by atoms with Crippen LogP contribution in [0.15, 0.2) is 18.2 Å². The van der Waals surface area contributed by atoms with Crippen molar-refractivity contribution in [1.82, 2.24) is 9.80 Å². The van der Waals surface area contributed by atoms with Gasteiger partial charge in [-0.1, -0.05) is 6.07 Å². The Morgan fingerprint density at radius 2 is 1.81 bits per heavy atom. The average Bonchev–Trinajstić information content (AvgIpc) is 2.91. The van der Waals surface area contributed by atoms with Crippen LogP contribution in [-0.4, -0.2) is 58.4 Å². The van der Waals surface area contributed by atoms with Gasteiger partial charge in [0.1, 0.15) is 6.54 Å². The van der Waals surface area contributed by atoms with E-state index in [-0.39, 0.29) is 24.4 Å². The van der Waals surface area contributed by atoms with E-state index in [9.17, 15) is 14.4 Å². The van der Waals surface area contributed by atoms with Crippen molar-refractivity contribution in [2.75, 3.05) is 19.6 Å². The predicted molar refractivity (Wildman–Crippen MR) is 102 cm³/mol. The van der Waals surface area contributed by atoms with Crippen LogP contribution in [0.1, 0.15) is 60.5 Å². The molecule has 1 unspecified atom stereocenters. The van der Waals surface area contributed by atoms with Crippen LogP contribution in [0.5, 0.6) is 0 Å². The van der Waals surface area contributed by atoms with Crippen molar-refractivity contribution in [3.8, 4) is 0 Å². The van der Waals surface area contributed by atoms with Gasteiger partial charge in [0.2, 0.25) is 5.91 Å². The molecule has 0 spiro atoms. The lowest BCUT2D eigenvalue weighted by molar-refractivity contribution is -0.145. The van der Waals surface area contributed by atoms with Crippen molar-refractivity contribution < 1.29 is 19.5 Å². The monoisotopic (exact) mass is 372 g/mol. The molecule has 1 aromatic rings. The molecule has 0 saturated carbocycles. The summed E-state index contributed by atoms with van der Waals surface area (Å²) in [6.45, 7) is 2.32. The van der Waals surface area contributed by atoms with Gasteiger partial charge < -0.3 is 14.9 Å². The van der Waals surface area contributed by atoms with Gasteiger partial charge in [0.25, 0.3) is 5.91 Å². The maximum absolute atomic E-state index is 13.0. The molecule has 1 fully saturated rings. The molecular formula is C21H28N2O4. The van der Waals surface area contributed by atoms with Crippen molar-refractivity contribution in [3.63, 3.8) is 0 Å². The summed E-state index contributed by atoms with van der Waals surface area (Å²) in [4.78, 5) is 39.2. The second kappa shape index (κ2) is 8.55. The molecule has 6 heteroatoms. The third kappa shape index (κ3) is 4.67. The second-order valence-corrected chi connectivity index (χ2v) is 7.61. The third-order valence-electron chi connectivity index (χ3n) is 5.73. The van der Waals surface area contributed by atoms with Crippen LogP contribution in [0, 0.1) is 0 Å². The van der Waals surface area contributed by atoms with Gasteiger partial charge in [-0.05, 0) is 68.2 Å². The zero-order chi connectivity index (χ0) is 19.4. The zero-order valence-corrected chi connectivity index (χ0v) is 15.9. The predicted octanol–water partition coefficient (Wildman–Crippen LogP) is 2.49.